The number of carbonyl (C=O) groups is 1. The van der Waals surface area contributed by atoms with Crippen LogP contribution < -0.4 is 4.90 Å². The average Bonchev–Trinajstić information content (AvgIpc) is 2.83. The van der Waals surface area contributed by atoms with Crippen molar-refractivity contribution in [2.24, 2.45) is 5.92 Å². The Morgan fingerprint density at radius 1 is 0.861 bits per heavy atom. The molecule has 3 atom stereocenters. The molecular weight excluding hydrogens is 477 g/mol. The molecule has 0 aliphatic heterocycles. The highest BCUT2D eigenvalue weighted by Gasteiger charge is 2.25. The SMILES string of the molecule is CCCCCCCCCCCCC(CC)CCOCC(COP(=O)(O)CC[NH+](C)C)OC(=O)CCC. The molecule has 0 aromatic heterocycles. The molecule has 0 saturated carbocycles. The first kappa shape index (κ1) is 35.5. The number of rotatable bonds is 26. The lowest BCUT2D eigenvalue weighted by molar-refractivity contribution is -0.855. The maximum Gasteiger partial charge on any atom is 0.333 e. The first-order valence-electron chi connectivity index (χ1n) is 14.8. The van der Waals surface area contributed by atoms with Crippen LogP contribution in [0.1, 0.15) is 117 Å². The van der Waals surface area contributed by atoms with Crippen LogP contribution in [0.25, 0.3) is 0 Å². The van der Waals surface area contributed by atoms with Crippen molar-refractivity contribution in [2.45, 2.75) is 123 Å². The largest absolute Gasteiger partial charge is 0.457 e. The van der Waals surface area contributed by atoms with Crippen molar-refractivity contribution in [2.75, 3.05) is 46.6 Å². The molecule has 7 nitrogen and oxygen atoms in total. The van der Waals surface area contributed by atoms with E-state index < -0.39 is 13.7 Å². The number of carbonyl (C=O) groups excluding carboxylic acids is 1. The number of hydrogen-bond donors (Lipinski definition) is 2. The third-order valence-electron chi connectivity index (χ3n) is 6.63. The molecule has 0 fully saturated rings. The van der Waals surface area contributed by atoms with Gasteiger partial charge in [0.2, 0.25) is 0 Å². The van der Waals surface area contributed by atoms with E-state index in [1.165, 1.54) is 70.6 Å². The molecule has 216 valence electrons. The van der Waals surface area contributed by atoms with Gasteiger partial charge in [-0.15, -0.1) is 0 Å². The van der Waals surface area contributed by atoms with Gasteiger partial charge in [0.1, 0.15) is 6.10 Å². The molecule has 0 aliphatic carbocycles. The monoisotopic (exact) mass is 536 g/mol. The van der Waals surface area contributed by atoms with E-state index in [2.05, 4.69) is 13.8 Å². The van der Waals surface area contributed by atoms with Crippen molar-refractivity contribution in [3.8, 4) is 0 Å². The molecule has 0 aromatic rings. The lowest BCUT2D eigenvalue weighted by atomic mass is 9.95. The van der Waals surface area contributed by atoms with Gasteiger partial charge in [0, 0.05) is 13.0 Å². The van der Waals surface area contributed by atoms with E-state index in [1.807, 2.05) is 21.0 Å². The molecule has 0 spiro atoms. The predicted molar refractivity (Wildman–Crippen MR) is 149 cm³/mol. The van der Waals surface area contributed by atoms with E-state index in [1.54, 1.807) is 0 Å². The Hall–Kier alpha value is -0.460. The van der Waals surface area contributed by atoms with Gasteiger partial charge in [0.15, 0.2) is 0 Å². The van der Waals surface area contributed by atoms with Gasteiger partial charge in [-0.25, -0.2) is 0 Å². The molecule has 36 heavy (non-hydrogen) atoms. The summed E-state index contributed by atoms with van der Waals surface area (Å²) < 4.78 is 28.8. The zero-order valence-corrected chi connectivity index (χ0v) is 25.1. The second-order valence-electron chi connectivity index (χ2n) is 10.6. The van der Waals surface area contributed by atoms with Gasteiger partial charge in [-0.05, 0) is 18.8 Å². The first-order chi connectivity index (χ1) is 17.2. The summed E-state index contributed by atoms with van der Waals surface area (Å²) in [5.74, 6) is 0.315. The fourth-order valence-electron chi connectivity index (χ4n) is 4.13. The van der Waals surface area contributed by atoms with Gasteiger partial charge in [0.05, 0.1) is 40.0 Å². The lowest BCUT2D eigenvalue weighted by Crippen LogP contribution is -3.06. The Balaban J connectivity index is 4.20. The van der Waals surface area contributed by atoms with Crippen LogP contribution in [0.5, 0.6) is 0 Å². The summed E-state index contributed by atoms with van der Waals surface area (Å²) in [5, 5.41) is 0. The van der Waals surface area contributed by atoms with Gasteiger partial charge < -0.3 is 23.8 Å². The summed E-state index contributed by atoms with van der Waals surface area (Å²) in [6.07, 6.45) is 17.3. The molecule has 0 amide bonds. The standard InChI is InChI=1S/C28H58NO6P/c1-6-9-10-11-12-13-14-15-16-17-19-26(8-3)20-22-33-24-27(35-28(30)18-7-2)25-34-36(31,32)23-21-29(4)5/h26-27H,6-25H2,1-5H3,(H,31,32)/p+1. The van der Waals surface area contributed by atoms with Crippen LogP contribution in [0.4, 0.5) is 0 Å². The van der Waals surface area contributed by atoms with Crippen molar-refractivity contribution >= 4 is 13.6 Å². The molecule has 0 rings (SSSR count). The topological polar surface area (TPSA) is 86.5 Å². The molecule has 0 saturated heterocycles. The Bertz CT molecular complexity index is 560. The van der Waals surface area contributed by atoms with Crippen molar-refractivity contribution in [1.29, 1.82) is 0 Å². The minimum atomic E-state index is -3.72. The fourth-order valence-corrected chi connectivity index (χ4v) is 5.39. The van der Waals surface area contributed by atoms with Crippen LogP contribution in [0, 0.1) is 5.92 Å². The molecule has 0 bridgehead atoms. The maximum atomic E-state index is 12.3. The average molecular weight is 537 g/mol. The summed E-state index contributed by atoms with van der Waals surface area (Å²) in [4.78, 5) is 23.1. The number of hydrogen-bond acceptors (Lipinski definition) is 5. The number of ether oxygens (including phenoxy) is 2. The van der Waals surface area contributed by atoms with E-state index >= 15 is 0 Å². The van der Waals surface area contributed by atoms with Gasteiger partial charge in [0.25, 0.3) is 0 Å². The quantitative estimate of drug-likeness (QED) is 0.0827. The van der Waals surface area contributed by atoms with Crippen molar-refractivity contribution in [3.63, 3.8) is 0 Å². The van der Waals surface area contributed by atoms with Gasteiger partial charge in [-0.2, -0.15) is 0 Å². The van der Waals surface area contributed by atoms with Crippen LogP contribution in [0.15, 0.2) is 0 Å². The summed E-state index contributed by atoms with van der Waals surface area (Å²) in [6.45, 7) is 7.60. The highest BCUT2D eigenvalue weighted by molar-refractivity contribution is 7.52. The Labute approximate surface area is 222 Å². The highest BCUT2D eigenvalue weighted by Crippen LogP contribution is 2.41. The van der Waals surface area contributed by atoms with Crippen LogP contribution >= 0.6 is 7.60 Å². The summed E-state index contributed by atoms with van der Waals surface area (Å²) in [7, 11) is 0.123. The van der Waals surface area contributed by atoms with Gasteiger partial charge in [-0.3, -0.25) is 9.36 Å². The highest BCUT2D eigenvalue weighted by atomic mass is 31.2. The predicted octanol–water partition coefficient (Wildman–Crippen LogP) is 5.79. The molecule has 0 aliphatic rings. The lowest BCUT2D eigenvalue weighted by Gasteiger charge is -2.21. The van der Waals surface area contributed by atoms with Crippen LogP contribution in [0.2, 0.25) is 0 Å². The third-order valence-corrected chi connectivity index (χ3v) is 7.97. The molecule has 2 N–H and O–H groups in total. The van der Waals surface area contributed by atoms with Gasteiger partial charge in [-0.1, -0.05) is 97.8 Å². The minimum Gasteiger partial charge on any atom is -0.457 e. The molecule has 0 radical (unpaired) electrons. The number of nitrogens with one attached hydrogen (secondary N) is 1. The number of quaternary nitrogens is 1. The van der Waals surface area contributed by atoms with E-state index in [0.29, 0.717) is 31.9 Å². The smallest absolute Gasteiger partial charge is 0.333 e. The zero-order chi connectivity index (χ0) is 27.1. The summed E-state index contributed by atoms with van der Waals surface area (Å²) in [6, 6.07) is 0. The van der Waals surface area contributed by atoms with Crippen molar-refractivity contribution in [3.05, 3.63) is 0 Å². The molecule has 3 unspecified atom stereocenters. The molecule has 0 aromatic carbocycles. The second kappa shape index (κ2) is 23.6. The Morgan fingerprint density at radius 3 is 2.03 bits per heavy atom. The first-order valence-corrected chi connectivity index (χ1v) is 16.5. The fraction of sp³-hybridized carbons (Fsp3) is 0.964. The van der Waals surface area contributed by atoms with Gasteiger partial charge >= 0.3 is 13.6 Å². The summed E-state index contributed by atoms with van der Waals surface area (Å²) in [5.41, 5.74) is 0. The van der Waals surface area contributed by atoms with Crippen LogP contribution in [-0.2, 0) is 23.4 Å². The maximum absolute atomic E-state index is 12.3. The van der Waals surface area contributed by atoms with Crippen molar-refractivity contribution < 1.29 is 33.2 Å². The molecule has 8 heteroatoms. The van der Waals surface area contributed by atoms with E-state index in [4.69, 9.17) is 14.0 Å². The van der Waals surface area contributed by atoms with E-state index in [0.717, 1.165) is 17.7 Å². The molecule has 0 heterocycles. The normalized spacial score (nSPS) is 15.1. The molecular formula is C28H59NO6P+. The van der Waals surface area contributed by atoms with E-state index in [-0.39, 0.29) is 25.3 Å². The van der Waals surface area contributed by atoms with Crippen LogP contribution in [0.3, 0.4) is 0 Å². The second-order valence-corrected chi connectivity index (χ2v) is 12.6. The Kier molecular flexibility index (Phi) is 23.3. The number of esters is 1. The van der Waals surface area contributed by atoms with E-state index in [9.17, 15) is 14.3 Å². The van der Waals surface area contributed by atoms with Crippen LogP contribution in [-0.4, -0.2) is 63.6 Å². The minimum absolute atomic E-state index is 0.0724. The van der Waals surface area contributed by atoms with Crippen molar-refractivity contribution in [1.82, 2.24) is 0 Å². The number of unbranched alkanes of at least 4 members (excludes halogenated alkanes) is 9. The Morgan fingerprint density at radius 2 is 1.47 bits per heavy atom. The third kappa shape index (κ3) is 22.7. The zero-order valence-electron chi connectivity index (χ0n) is 24.2. The summed E-state index contributed by atoms with van der Waals surface area (Å²) >= 11 is 0.